The largest absolute Gasteiger partial charge is 0.331 e. The molecule has 0 amide bonds. The summed E-state index contributed by atoms with van der Waals surface area (Å²) in [6, 6.07) is 7.89. The van der Waals surface area contributed by atoms with Gasteiger partial charge in [-0.15, -0.1) is 0 Å². The van der Waals surface area contributed by atoms with Crippen molar-refractivity contribution < 1.29 is 0 Å². The molecular formula is C15H17N3S. The van der Waals surface area contributed by atoms with Crippen molar-refractivity contribution in [2.45, 2.75) is 38.6 Å². The second-order valence-corrected chi connectivity index (χ2v) is 5.75. The van der Waals surface area contributed by atoms with Crippen LogP contribution in [-0.4, -0.2) is 9.55 Å². The molecule has 2 aromatic rings. The number of aromatic amines is 1. The summed E-state index contributed by atoms with van der Waals surface area (Å²) in [5.74, 6) is 0.853. The third kappa shape index (κ3) is 2.43. The molecular weight excluding hydrogens is 254 g/mol. The number of imidazole rings is 1. The van der Waals surface area contributed by atoms with Crippen LogP contribution in [-0.2, 0) is 6.54 Å². The number of nitriles is 1. The van der Waals surface area contributed by atoms with E-state index in [0.29, 0.717) is 5.56 Å². The zero-order chi connectivity index (χ0) is 13.2. The Morgan fingerprint density at radius 3 is 2.89 bits per heavy atom. The van der Waals surface area contributed by atoms with E-state index in [4.69, 9.17) is 17.5 Å². The molecule has 0 bridgehead atoms. The van der Waals surface area contributed by atoms with E-state index in [9.17, 15) is 0 Å². The molecule has 1 aromatic heterocycles. The maximum Gasteiger partial charge on any atom is 0.178 e. The van der Waals surface area contributed by atoms with Gasteiger partial charge < -0.3 is 9.55 Å². The van der Waals surface area contributed by atoms with Crippen molar-refractivity contribution >= 4 is 23.3 Å². The zero-order valence-electron chi connectivity index (χ0n) is 10.9. The SMILES string of the molecule is N#Cc1ccc2[nH]c(=S)n(CCC3CCCC3)c2c1. The quantitative estimate of drug-likeness (QED) is 0.852. The molecule has 3 rings (SSSR count). The fraction of sp³-hybridized carbons (Fsp3) is 0.467. The van der Waals surface area contributed by atoms with E-state index in [2.05, 4.69) is 15.6 Å². The Hall–Kier alpha value is -1.60. The molecule has 0 spiro atoms. The third-order valence-corrected chi connectivity index (χ3v) is 4.46. The van der Waals surface area contributed by atoms with Gasteiger partial charge in [0.05, 0.1) is 22.7 Å². The number of nitrogens with one attached hydrogen (secondary N) is 1. The zero-order valence-corrected chi connectivity index (χ0v) is 11.7. The van der Waals surface area contributed by atoms with Crippen molar-refractivity contribution in [2.75, 3.05) is 0 Å². The van der Waals surface area contributed by atoms with Gasteiger partial charge in [0, 0.05) is 6.54 Å². The van der Waals surface area contributed by atoms with Gasteiger partial charge in [-0.25, -0.2) is 0 Å². The Kier molecular flexibility index (Phi) is 3.39. The molecule has 1 N–H and O–H groups in total. The molecule has 0 atom stereocenters. The lowest BCUT2D eigenvalue weighted by Gasteiger charge is -2.10. The number of benzene rings is 1. The number of hydrogen-bond donors (Lipinski definition) is 1. The molecule has 1 fully saturated rings. The molecule has 1 aliphatic rings. The Morgan fingerprint density at radius 2 is 2.16 bits per heavy atom. The van der Waals surface area contributed by atoms with E-state index in [1.165, 1.54) is 32.1 Å². The van der Waals surface area contributed by atoms with E-state index < -0.39 is 0 Å². The number of rotatable bonds is 3. The van der Waals surface area contributed by atoms with E-state index in [1.54, 1.807) is 0 Å². The number of aryl methyl sites for hydroxylation is 1. The first-order valence-corrected chi connectivity index (χ1v) is 7.31. The Morgan fingerprint density at radius 1 is 1.37 bits per heavy atom. The summed E-state index contributed by atoms with van der Waals surface area (Å²) in [6.07, 6.45) is 6.67. The van der Waals surface area contributed by atoms with Crippen LogP contribution in [0.4, 0.5) is 0 Å². The van der Waals surface area contributed by atoms with Crippen molar-refractivity contribution in [1.82, 2.24) is 9.55 Å². The minimum atomic E-state index is 0.691. The molecule has 0 saturated heterocycles. The van der Waals surface area contributed by atoms with Gasteiger partial charge in [0.1, 0.15) is 0 Å². The summed E-state index contributed by atoms with van der Waals surface area (Å²) in [6.45, 7) is 0.957. The average Bonchev–Trinajstić information content (AvgIpc) is 3.03. The predicted octanol–water partition coefficient (Wildman–Crippen LogP) is 4.15. The lowest BCUT2D eigenvalue weighted by molar-refractivity contribution is 0.461. The molecule has 1 aromatic carbocycles. The van der Waals surface area contributed by atoms with Gasteiger partial charge in [0.15, 0.2) is 4.77 Å². The van der Waals surface area contributed by atoms with Gasteiger partial charge in [-0.2, -0.15) is 5.26 Å². The Bertz CT molecular complexity index is 683. The monoisotopic (exact) mass is 271 g/mol. The molecule has 4 heteroatoms. The number of H-pyrrole nitrogens is 1. The van der Waals surface area contributed by atoms with Crippen LogP contribution in [0.15, 0.2) is 18.2 Å². The fourth-order valence-corrected chi connectivity index (χ4v) is 3.35. The van der Waals surface area contributed by atoms with Crippen LogP contribution in [0.1, 0.15) is 37.7 Å². The minimum absolute atomic E-state index is 0.691. The molecule has 3 nitrogen and oxygen atoms in total. The summed E-state index contributed by atoms with van der Waals surface area (Å²) in [5, 5.41) is 9.00. The van der Waals surface area contributed by atoms with Gasteiger partial charge in [0.2, 0.25) is 0 Å². The Balaban J connectivity index is 1.90. The summed E-state index contributed by atoms with van der Waals surface area (Å²) in [7, 11) is 0. The van der Waals surface area contributed by atoms with Crippen molar-refractivity contribution in [1.29, 1.82) is 5.26 Å². The van der Waals surface area contributed by atoms with Crippen LogP contribution in [0.5, 0.6) is 0 Å². The van der Waals surface area contributed by atoms with Crippen LogP contribution >= 0.6 is 12.2 Å². The molecule has 98 valence electrons. The summed E-state index contributed by atoms with van der Waals surface area (Å²) < 4.78 is 2.91. The van der Waals surface area contributed by atoms with E-state index in [0.717, 1.165) is 28.3 Å². The first kappa shape index (κ1) is 12.4. The minimum Gasteiger partial charge on any atom is -0.331 e. The molecule has 0 aliphatic heterocycles. The van der Waals surface area contributed by atoms with Gasteiger partial charge >= 0.3 is 0 Å². The van der Waals surface area contributed by atoms with Crippen molar-refractivity contribution in [3.63, 3.8) is 0 Å². The topological polar surface area (TPSA) is 44.5 Å². The highest BCUT2D eigenvalue weighted by atomic mass is 32.1. The number of aromatic nitrogens is 2. The maximum absolute atomic E-state index is 9.00. The maximum atomic E-state index is 9.00. The van der Waals surface area contributed by atoms with Crippen LogP contribution in [0.3, 0.4) is 0 Å². The highest BCUT2D eigenvalue weighted by Gasteiger charge is 2.15. The predicted molar refractivity (Wildman–Crippen MR) is 78.4 cm³/mol. The van der Waals surface area contributed by atoms with E-state index in [-0.39, 0.29) is 0 Å². The molecule has 0 unspecified atom stereocenters. The van der Waals surface area contributed by atoms with Crippen molar-refractivity contribution in [3.05, 3.63) is 28.5 Å². The molecule has 1 heterocycles. The van der Waals surface area contributed by atoms with Crippen molar-refractivity contribution in [3.8, 4) is 6.07 Å². The molecule has 19 heavy (non-hydrogen) atoms. The van der Waals surface area contributed by atoms with E-state index in [1.807, 2.05) is 18.2 Å². The average molecular weight is 271 g/mol. The fourth-order valence-electron chi connectivity index (χ4n) is 3.06. The summed E-state index contributed by atoms with van der Waals surface area (Å²) >= 11 is 5.40. The first-order valence-electron chi connectivity index (χ1n) is 6.90. The molecule has 1 saturated carbocycles. The number of hydrogen-bond acceptors (Lipinski definition) is 2. The molecule has 1 aliphatic carbocycles. The van der Waals surface area contributed by atoms with E-state index >= 15 is 0 Å². The first-order chi connectivity index (χ1) is 9.28. The third-order valence-electron chi connectivity index (χ3n) is 4.14. The number of nitrogens with zero attached hydrogens (tertiary/aromatic N) is 2. The van der Waals surface area contributed by atoms with Crippen LogP contribution in [0, 0.1) is 22.0 Å². The van der Waals surface area contributed by atoms with Gasteiger partial charge in [0.25, 0.3) is 0 Å². The van der Waals surface area contributed by atoms with Crippen LogP contribution in [0.25, 0.3) is 11.0 Å². The Labute approximate surface area is 117 Å². The van der Waals surface area contributed by atoms with Gasteiger partial charge in [-0.3, -0.25) is 0 Å². The van der Waals surface area contributed by atoms with Gasteiger partial charge in [-0.05, 0) is 42.8 Å². The standard InChI is InChI=1S/C15H17N3S/c16-10-12-5-6-13-14(9-12)18(15(19)17-13)8-7-11-3-1-2-4-11/h5-6,9,11H,1-4,7-8H2,(H,17,19). The second-order valence-electron chi connectivity index (χ2n) is 5.36. The van der Waals surface area contributed by atoms with Crippen LogP contribution < -0.4 is 0 Å². The summed E-state index contributed by atoms with van der Waals surface area (Å²) in [5.41, 5.74) is 2.77. The second kappa shape index (κ2) is 5.18. The van der Waals surface area contributed by atoms with Gasteiger partial charge in [-0.1, -0.05) is 25.7 Å². The lowest BCUT2D eigenvalue weighted by Crippen LogP contribution is -2.03. The molecule has 0 radical (unpaired) electrons. The normalized spacial score (nSPS) is 15.9. The highest BCUT2D eigenvalue weighted by Crippen LogP contribution is 2.28. The smallest absolute Gasteiger partial charge is 0.178 e. The van der Waals surface area contributed by atoms with Crippen molar-refractivity contribution in [2.24, 2.45) is 5.92 Å². The highest BCUT2D eigenvalue weighted by molar-refractivity contribution is 7.71. The number of fused-ring (bicyclic) bond motifs is 1. The lowest BCUT2D eigenvalue weighted by atomic mass is 10.0. The summed E-state index contributed by atoms with van der Waals surface area (Å²) in [4.78, 5) is 3.22. The van der Waals surface area contributed by atoms with Crippen LogP contribution in [0.2, 0.25) is 0 Å².